The molecule has 0 bridgehead atoms. The van der Waals surface area contributed by atoms with E-state index in [1.165, 1.54) is 0 Å². The maximum absolute atomic E-state index is 11.5. The minimum absolute atomic E-state index is 0.232. The number of carbonyl (C=O) groups is 1. The first-order valence-corrected chi connectivity index (χ1v) is 5.35. The molecule has 0 fully saturated rings. The van der Waals surface area contributed by atoms with Gasteiger partial charge in [-0.2, -0.15) is 0 Å². The van der Waals surface area contributed by atoms with E-state index in [-0.39, 0.29) is 12.8 Å². The van der Waals surface area contributed by atoms with Gasteiger partial charge in [-0.3, -0.25) is 0 Å². The summed E-state index contributed by atoms with van der Waals surface area (Å²) in [7, 11) is 0. The predicted octanol–water partition coefficient (Wildman–Crippen LogP) is 2.24. The third-order valence-corrected chi connectivity index (χ3v) is 3.15. The zero-order valence-corrected chi connectivity index (χ0v) is 8.86. The summed E-state index contributed by atoms with van der Waals surface area (Å²) >= 11 is 0. The van der Waals surface area contributed by atoms with E-state index in [1.807, 2.05) is 24.3 Å². The Bertz CT molecular complexity index is 660. The molecular weight excluding hydrogens is 220 g/mol. The van der Waals surface area contributed by atoms with Crippen LogP contribution in [-0.2, 0) is 11.3 Å². The van der Waals surface area contributed by atoms with Crippen LogP contribution in [0.25, 0.3) is 10.8 Å². The largest absolute Gasteiger partial charge is 0.457 e. The van der Waals surface area contributed by atoms with Crippen LogP contribution in [0.4, 0.5) is 0 Å². The van der Waals surface area contributed by atoms with Crippen molar-refractivity contribution < 1.29 is 19.0 Å². The molecule has 0 amide bonds. The standard InChI is InChI=1S/C13H8O4/c14-13-10-4-9-7(3-8(10)5-15-13)1-2-11-12(9)17-6-16-11/h1-4H,5-6H2. The fourth-order valence-corrected chi connectivity index (χ4v) is 2.32. The van der Waals surface area contributed by atoms with Gasteiger partial charge in [-0.25, -0.2) is 4.79 Å². The topological polar surface area (TPSA) is 44.8 Å². The molecule has 0 saturated heterocycles. The molecule has 0 radical (unpaired) electrons. The molecule has 0 saturated carbocycles. The first-order valence-electron chi connectivity index (χ1n) is 5.35. The Morgan fingerprint density at radius 2 is 2.00 bits per heavy atom. The van der Waals surface area contributed by atoms with E-state index in [1.54, 1.807) is 0 Å². The van der Waals surface area contributed by atoms with E-state index in [2.05, 4.69) is 0 Å². The number of hydrogen-bond donors (Lipinski definition) is 0. The van der Waals surface area contributed by atoms with E-state index < -0.39 is 0 Å². The highest BCUT2D eigenvalue weighted by Gasteiger charge is 2.24. The number of benzene rings is 2. The number of hydrogen-bond acceptors (Lipinski definition) is 4. The molecule has 2 aromatic carbocycles. The summed E-state index contributed by atoms with van der Waals surface area (Å²) in [6.45, 7) is 0.592. The Balaban J connectivity index is 2.09. The van der Waals surface area contributed by atoms with Gasteiger partial charge in [0.05, 0.1) is 5.56 Å². The number of fused-ring (bicyclic) bond motifs is 4. The number of cyclic esters (lactones) is 1. The lowest BCUT2D eigenvalue weighted by Crippen LogP contribution is -1.94. The fraction of sp³-hybridized carbons (Fsp3) is 0.154. The van der Waals surface area contributed by atoms with Crippen molar-refractivity contribution in [2.75, 3.05) is 6.79 Å². The Morgan fingerprint density at radius 1 is 1.06 bits per heavy atom. The maximum atomic E-state index is 11.5. The molecule has 2 aromatic rings. The zero-order valence-electron chi connectivity index (χ0n) is 8.86. The maximum Gasteiger partial charge on any atom is 0.338 e. The van der Waals surface area contributed by atoms with Crippen LogP contribution < -0.4 is 9.47 Å². The van der Waals surface area contributed by atoms with Crippen molar-refractivity contribution in [3.8, 4) is 11.5 Å². The fourth-order valence-electron chi connectivity index (χ4n) is 2.32. The van der Waals surface area contributed by atoms with Crippen LogP contribution in [0.2, 0.25) is 0 Å². The first-order chi connectivity index (χ1) is 8.33. The molecule has 0 unspecified atom stereocenters. The van der Waals surface area contributed by atoms with Gasteiger partial charge in [-0.15, -0.1) is 0 Å². The summed E-state index contributed by atoms with van der Waals surface area (Å²) in [5.74, 6) is 1.17. The molecule has 0 spiro atoms. The number of ether oxygens (including phenoxy) is 3. The molecule has 0 aliphatic carbocycles. The van der Waals surface area contributed by atoms with Crippen LogP contribution in [-0.4, -0.2) is 12.8 Å². The molecule has 2 aliphatic heterocycles. The van der Waals surface area contributed by atoms with Crippen LogP contribution >= 0.6 is 0 Å². The second kappa shape index (κ2) is 2.91. The predicted molar refractivity (Wildman–Crippen MR) is 59.2 cm³/mol. The van der Waals surface area contributed by atoms with Crippen LogP contribution in [0, 0.1) is 0 Å². The average Bonchev–Trinajstić information content (AvgIpc) is 2.94. The Hall–Kier alpha value is -2.23. The highest BCUT2D eigenvalue weighted by Crippen LogP contribution is 2.40. The average molecular weight is 228 g/mol. The molecule has 0 aromatic heterocycles. The van der Waals surface area contributed by atoms with Crippen molar-refractivity contribution >= 4 is 16.7 Å². The lowest BCUT2D eigenvalue weighted by Gasteiger charge is -2.04. The summed E-state index contributed by atoms with van der Waals surface area (Å²) in [5.41, 5.74) is 1.56. The van der Waals surface area contributed by atoms with Crippen molar-refractivity contribution in [1.82, 2.24) is 0 Å². The van der Waals surface area contributed by atoms with Crippen LogP contribution in [0.5, 0.6) is 11.5 Å². The molecule has 4 heteroatoms. The Labute approximate surface area is 96.7 Å². The molecule has 84 valence electrons. The van der Waals surface area contributed by atoms with E-state index in [0.717, 1.165) is 22.1 Å². The highest BCUT2D eigenvalue weighted by molar-refractivity contribution is 6.01. The van der Waals surface area contributed by atoms with E-state index >= 15 is 0 Å². The normalized spacial score (nSPS) is 16.1. The second-order valence-electron chi connectivity index (χ2n) is 4.11. The quantitative estimate of drug-likeness (QED) is 0.648. The number of rotatable bonds is 0. The van der Waals surface area contributed by atoms with Crippen LogP contribution in [0.3, 0.4) is 0 Å². The van der Waals surface area contributed by atoms with Crippen molar-refractivity contribution in [3.63, 3.8) is 0 Å². The van der Waals surface area contributed by atoms with Crippen LogP contribution in [0.15, 0.2) is 24.3 Å². The molecule has 17 heavy (non-hydrogen) atoms. The van der Waals surface area contributed by atoms with Crippen LogP contribution in [0.1, 0.15) is 15.9 Å². The summed E-state index contributed by atoms with van der Waals surface area (Å²) in [4.78, 5) is 11.5. The molecule has 0 atom stereocenters. The van der Waals surface area contributed by atoms with Gasteiger partial charge >= 0.3 is 5.97 Å². The Morgan fingerprint density at radius 3 is 2.94 bits per heavy atom. The zero-order chi connectivity index (χ0) is 11.4. The molecular formula is C13H8O4. The van der Waals surface area contributed by atoms with E-state index in [9.17, 15) is 4.79 Å². The molecule has 2 aliphatic rings. The van der Waals surface area contributed by atoms with Gasteiger partial charge in [0.25, 0.3) is 0 Å². The van der Waals surface area contributed by atoms with Crippen molar-refractivity contribution in [3.05, 3.63) is 35.4 Å². The molecule has 4 nitrogen and oxygen atoms in total. The number of carbonyl (C=O) groups excluding carboxylic acids is 1. The van der Waals surface area contributed by atoms with Crippen molar-refractivity contribution in [2.24, 2.45) is 0 Å². The summed E-state index contributed by atoms with van der Waals surface area (Å²) in [6, 6.07) is 7.64. The van der Waals surface area contributed by atoms with Gasteiger partial charge in [0.15, 0.2) is 11.5 Å². The number of esters is 1. The first kappa shape index (κ1) is 8.87. The minimum atomic E-state index is -0.265. The summed E-state index contributed by atoms with van der Waals surface area (Å²) in [5, 5.41) is 1.93. The highest BCUT2D eigenvalue weighted by atomic mass is 16.7. The van der Waals surface area contributed by atoms with Gasteiger partial charge in [0, 0.05) is 10.9 Å². The van der Waals surface area contributed by atoms with Gasteiger partial charge in [0.1, 0.15) is 6.61 Å². The lowest BCUT2D eigenvalue weighted by atomic mass is 10.0. The SMILES string of the molecule is O=C1OCc2cc3ccc4c(c3cc21)OCO4. The van der Waals surface area contributed by atoms with E-state index in [0.29, 0.717) is 17.9 Å². The smallest absolute Gasteiger partial charge is 0.338 e. The lowest BCUT2D eigenvalue weighted by molar-refractivity contribution is 0.0535. The van der Waals surface area contributed by atoms with Crippen molar-refractivity contribution in [2.45, 2.75) is 6.61 Å². The molecule has 2 heterocycles. The van der Waals surface area contributed by atoms with Gasteiger partial charge in [-0.05, 0) is 23.6 Å². The minimum Gasteiger partial charge on any atom is -0.457 e. The third-order valence-electron chi connectivity index (χ3n) is 3.15. The summed E-state index contributed by atoms with van der Waals surface area (Å²) in [6.07, 6.45) is 0. The van der Waals surface area contributed by atoms with E-state index in [4.69, 9.17) is 14.2 Å². The van der Waals surface area contributed by atoms with Gasteiger partial charge < -0.3 is 14.2 Å². The molecule has 0 N–H and O–H groups in total. The molecule has 4 rings (SSSR count). The monoisotopic (exact) mass is 228 g/mol. The second-order valence-corrected chi connectivity index (χ2v) is 4.11. The van der Waals surface area contributed by atoms with Gasteiger partial charge in [-0.1, -0.05) is 6.07 Å². The van der Waals surface area contributed by atoms with Crippen molar-refractivity contribution in [1.29, 1.82) is 0 Å². The Kier molecular flexibility index (Phi) is 1.52. The van der Waals surface area contributed by atoms with Gasteiger partial charge in [0.2, 0.25) is 6.79 Å². The summed E-state index contributed by atoms with van der Waals surface area (Å²) < 4.78 is 15.7. The third kappa shape index (κ3) is 1.09.